The molecule has 0 saturated heterocycles. The summed E-state index contributed by atoms with van der Waals surface area (Å²) in [6.07, 6.45) is 9.85. The maximum absolute atomic E-state index is 5.73. The van der Waals surface area contributed by atoms with Gasteiger partial charge in [0.1, 0.15) is 5.52 Å². The van der Waals surface area contributed by atoms with E-state index >= 15 is 0 Å². The lowest BCUT2D eigenvalue weighted by molar-refractivity contribution is 0.720. The molecule has 5 heteroatoms. The first-order valence-corrected chi connectivity index (χ1v) is 6.00. The Morgan fingerprint density at radius 3 is 3.06 bits per heavy atom. The molecular weight excluding hydrogens is 214 g/mol. The van der Waals surface area contributed by atoms with Crippen LogP contribution in [0, 0.1) is 0 Å². The number of hydrogen-bond acceptors (Lipinski definition) is 4. The van der Waals surface area contributed by atoms with Crippen molar-refractivity contribution >= 4 is 22.7 Å². The van der Waals surface area contributed by atoms with Crippen molar-refractivity contribution in [3.8, 4) is 0 Å². The summed E-state index contributed by atoms with van der Waals surface area (Å²) in [6, 6.07) is 0. The summed E-state index contributed by atoms with van der Waals surface area (Å²) in [7, 11) is 0. The van der Waals surface area contributed by atoms with Crippen molar-refractivity contribution in [2.75, 3.05) is 5.73 Å². The first kappa shape index (κ1) is 10.3. The number of hydrogen-bond donors (Lipinski definition) is 2. The van der Waals surface area contributed by atoms with Crippen LogP contribution in [0.4, 0.5) is 5.95 Å². The van der Waals surface area contributed by atoms with Crippen LogP contribution in [0.25, 0.3) is 16.7 Å². The van der Waals surface area contributed by atoms with Gasteiger partial charge in [-0.25, -0.2) is 9.97 Å². The van der Waals surface area contributed by atoms with Crippen LogP contribution < -0.4 is 5.73 Å². The molecule has 17 heavy (non-hydrogen) atoms. The largest absolute Gasteiger partial charge is 0.368 e. The van der Waals surface area contributed by atoms with Gasteiger partial charge in [0.2, 0.25) is 5.95 Å². The lowest BCUT2D eigenvalue weighted by atomic mass is 10.1. The number of anilines is 1. The minimum Gasteiger partial charge on any atom is -0.368 e. The number of H-pyrrole nitrogens is 1. The van der Waals surface area contributed by atoms with Crippen LogP contribution in [0.1, 0.15) is 37.8 Å². The standard InChI is InChI=1S/C12H15N5/c13-12-16-9(8-5-3-1-2-4-6-8)10-11(17-12)15-7-14-10/h5,7H,1-4,6H2,(H3,13,14,15,16,17). The number of nitrogens with two attached hydrogens (primary N) is 1. The molecule has 3 rings (SSSR count). The van der Waals surface area contributed by atoms with Gasteiger partial charge in [0, 0.05) is 0 Å². The van der Waals surface area contributed by atoms with Crippen LogP contribution in [0.3, 0.4) is 0 Å². The highest BCUT2D eigenvalue weighted by Crippen LogP contribution is 2.28. The highest BCUT2D eigenvalue weighted by Gasteiger charge is 2.13. The molecule has 0 bridgehead atoms. The third-order valence-corrected chi connectivity index (χ3v) is 3.15. The van der Waals surface area contributed by atoms with Crippen molar-refractivity contribution < 1.29 is 0 Å². The molecule has 0 radical (unpaired) electrons. The summed E-state index contributed by atoms with van der Waals surface area (Å²) in [4.78, 5) is 15.7. The number of aromatic nitrogens is 4. The second kappa shape index (κ2) is 4.16. The van der Waals surface area contributed by atoms with Gasteiger partial charge in [-0.05, 0) is 31.3 Å². The second-order valence-corrected chi connectivity index (χ2v) is 4.36. The van der Waals surface area contributed by atoms with E-state index < -0.39 is 0 Å². The van der Waals surface area contributed by atoms with Gasteiger partial charge in [0.25, 0.3) is 0 Å². The van der Waals surface area contributed by atoms with Crippen LogP contribution in [0.2, 0.25) is 0 Å². The topological polar surface area (TPSA) is 80.5 Å². The van der Waals surface area contributed by atoms with Crippen molar-refractivity contribution in [3.05, 3.63) is 18.1 Å². The molecule has 0 aliphatic heterocycles. The Kier molecular flexibility index (Phi) is 2.51. The van der Waals surface area contributed by atoms with E-state index in [0.717, 1.165) is 24.1 Å². The quantitative estimate of drug-likeness (QED) is 0.786. The first-order chi connectivity index (χ1) is 8.34. The molecule has 1 aliphatic carbocycles. The van der Waals surface area contributed by atoms with Crippen molar-refractivity contribution in [3.63, 3.8) is 0 Å². The summed E-state index contributed by atoms with van der Waals surface area (Å²) in [5.74, 6) is 0.296. The van der Waals surface area contributed by atoms with E-state index in [2.05, 4.69) is 26.0 Å². The molecular formula is C12H15N5. The second-order valence-electron chi connectivity index (χ2n) is 4.36. The van der Waals surface area contributed by atoms with Crippen LogP contribution in [-0.4, -0.2) is 19.9 Å². The molecule has 2 heterocycles. The summed E-state index contributed by atoms with van der Waals surface area (Å²) in [6.45, 7) is 0. The maximum atomic E-state index is 5.73. The summed E-state index contributed by atoms with van der Waals surface area (Å²) < 4.78 is 0. The third-order valence-electron chi connectivity index (χ3n) is 3.15. The molecule has 88 valence electrons. The van der Waals surface area contributed by atoms with Crippen LogP contribution in [0.5, 0.6) is 0 Å². The number of fused-ring (bicyclic) bond motifs is 1. The molecule has 0 fully saturated rings. The molecule has 0 aromatic carbocycles. The van der Waals surface area contributed by atoms with Gasteiger partial charge < -0.3 is 10.7 Å². The van der Waals surface area contributed by atoms with E-state index in [9.17, 15) is 0 Å². The van der Waals surface area contributed by atoms with Gasteiger partial charge >= 0.3 is 0 Å². The fraction of sp³-hybridized carbons (Fsp3) is 0.417. The normalized spacial score (nSPS) is 16.8. The van der Waals surface area contributed by atoms with Gasteiger partial charge in [0.15, 0.2) is 5.65 Å². The minimum atomic E-state index is 0.296. The number of nitrogen functional groups attached to an aromatic ring is 1. The lowest BCUT2D eigenvalue weighted by Crippen LogP contribution is -2.00. The van der Waals surface area contributed by atoms with Gasteiger partial charge in [-0.2, -0.15) is 4.98 Å². The number of rotatable bonds is 1. The van der Waals surface area contributed by atoms with E-state index in [1.54, 1.807) is 6.33 Å². The van der Waals surface area contributed by atoms with Crippen molar-refractivity contribution in [2.24, 2.45) is 0 Å². The molecule has 0 saturated carbocycles. The van der Waals surface area contributed by atoms with Crippen molar-refractivity contribution in [2.45, 2.75) is 32.1 Å². The average molecular weight is 229 g/mol. The number of aromatic amines is 1. The van der Waals surface area contributed by atoms with Gasteiger partial charge in [-0.3, -0.25) is 0 Å². The van der Waals surface area contributed by atoms with E-state index in [1.165, 1.54) is 24.8 Å². The van der Waals surface area contributed by atoms with Crippen molar-refractivity contribution in [1.29, 1.82) is 0 Å². The van der Waals surface area contributed by atoms with Gasteiger partial charge in [0.05, 0.1) is 12.0 Å². The number of nitrogens with one attached hydrogen (secondary N) is 1. The SMILES string of the molecule is Nc1nc(C2=CCCCCC2)c2[nH]cnc2n1. The zero-order chi connectivity index (χ0) is 11.7. The highest BCUT2D eigenvalue weighted by molar-refractivity contribution is 5.85. The zero-order valence-corrected chi connectivity index (χ0v) is 9.61. The molecule has 2 aromatic heterocycles. The summed E-state index contributed by atoms with van der Waals surface area (Å²) in [5.41, 5.74) is 9.46. The fourth-order valence-corrected chi connectivity index (χ4v) is 2.31. The smallest absolute Gasteiger partial charge is 0.222 e. The number of allylic oxidation sites excluding steroid dienone is 2. The summed E-state index contributed by atoms with van der Waals surface area (Å²) in [5, 5.41) is 0. The zero-order valence-electron chi connectivity index (χ0n) is 9.61. The number of nitrogens with zero attached hydrogens (tertiary/aromatic N) is 3. The van der Waals surface area contributed by atoms with Crippen LogP contribution in [0.15, 0.2) is 12.4 Å². The van der Waals surface area contributed by atoms with Crippen molar-refractivity contribution in [1.82, 2.24) is 19.9 Å². The Bertz CT molecular complexity index is 569. The molecule has 0 unspecified atom stereocenters. The van der Waals surface area contributed by atoms with E-state index in [4.69, 9.17) is 5.73 Å². The Morgan fingerprint density at radius 1 is 1.18 bits per heavy atom. The Morgan fingerprint density at radius 2 is 2.12 bits per heavy atom. The Balaban J connectivity index is 2.14. The fourth-order valence-electron chi connectivity index (χ4n) is 2.31. The molecule has 3 N–H and O–H groups in total. The van der Waals surface area contributed by atoms with Crippen LogP contribution >= 0.6 is 0 Å². The molecule has 0 atom stereocenters. The highest BCUT2D eigenvalue weighted by atomic mass is 15.1. The first-order valence-electron chi connectivity index (χ1n) is 6.00. The molecule has 2 aromatic rings. The van der Waals surface area contributed by atoms with E-state index in [1.807, 2.05) is 0 Å². The monoisotopic (exact) mass is 229 g/mol. The van der Waals surface area contributed by atoms with E-state index in [-0.39, 0.29) is 0 Å². The Labute approximate surface area is 99.2 Å². The minimum absolute atomic E-state index is 0.296. The third kappa shape index (κ3) is 1.88. The number of imidazole rings is 1. The molecule has 0 amide bonds. The maximum Gasteiger partial charge on any atom is 0.222 e. The predicted octanol–water partition coefficient (Wildman–Crippen LogP) is 2.28. The lowest BCUT2D eigenvalue weighted by Gasteiger charge is -2.06. The molecule has 0 spiro atoms. The van der Waals surface area contributed by atoms with Gasteiger partial charge in [-0.1, -0.05) is 12.5 Å². The summed E-state index contributed by atoms with van der Waals surface area (Å²) >= 11 is 0. The van der Waals surface area contributed by atoms with Gasteiger partial charge in [-0.15, -0.1) is 0 Å². The molecule has 5 nitrogen and oxygen atoms in total. The predicted molar refractivity (Wildman–Crippen MR) is 67.2 cm³/mol. The van der Waals surface area contributed by atoms with Crippen LogP contribution in [-0.2, 0) is 0 Å². The van der Waals surface area contributed by atoms with E-state index in [0.29, 0.717) is 11.6 Å². The average Bonchev–Trinajstić information content (AvgIpc) is 2.62. The Hall–Kier alpha value is -1.91. The molecule has 1 aliphatic rings.